The average molecular weight is 370 g/mol. The molecular weight excluding hydrogens is 338 g/mol. The monoisotopic (exact) mass is 369 g/mol. The van der Waals surface area contributed by atoms with Gasteiger partial charge in [0.1, 0.15) is 18.1 Å². The Balaban J connectivity index is 1.73. The number of hydrogen-bond donors (Lipinski definition) is 1. The highest BCUT2D eigenvalue weighted by Crippen LogP contribution is 2.24. The molecule has 2 rings (SSSR count). The first kappa shape index (κ1) is 20.8. The van der Waals surface area contributed by atoms with E-state index >= 15 is 0 Å². The van der Waals surface area contributed by atoms with Crippen LogP contribution in [0.3, 0.4) is 0 Å². The summed E-state index contributed by atoms with van der Waals surface area (Å²) in [5.74, 6) is 1.35. The molecule has 1 N–H and O–H groups in total. The fraction of sp³-hybridized carbons (Fsp3) is 0.435. The summed E-state index contributed by atoms with van der Waals surface area (Å²) in [5.41, 5.74) is 2.60. The lowest BCUT2D eigenvalue weighted by Crippen LogP contribution is -2.38. The van der Waals surface area contributed by atoms with Crippen molar-refractivity contribution in [1.29, 1.82) is 0 Å². The number of aryl methyl sites for hydroxylation is 1. The van der Waals surface area contributed by atoms with Gasteiger partial charge in [-0.3, -0.25) is 4.79 Å². The summed E-state index contributed by atoms with van der Waals surface area (Å²) in [6.07, 6.45) is 0.446. The number of carbonyl (C=O) groups excluding carboxylic acids is 1. The predicted molar refractivity (Wildman–Crippen MR) is 110 cm³/mol. The maximum atomic E-state index is 12.2. The van der Waals surface area contributed by atoms with Crippen molar-refractivity contribution in [3.05, 3.63) is 59.7 Å². The largest absolute Gasteiger partial charge is 0.492 e. The Bertz CT molecular complexity index is 715. The molecule has 0 saturated carbocycles. The minimum Gasteiger partial charge on any atom is -0.492 e. The van der Waals surface area contributed by atoms with Gasteiger partial charge in [0.2, 0.25) is 0 Å². The number of hydrogen-bond acceptors (Lipinski definition) is 3. The van der Waals surface area contributed by atoms with Crippen molar-refractivity contribution in [3.8, 4) is 11.5 Å². The minimum atomic E-state index is -0.561. The first-order valence-electron chi connectivity index (χ1n) is 9.56. The third kappa shape index (κ3) is 6.63. The van der Waals surface area contributed by atoms with Gasteiger partial charge in [0.25, 0.3) is 5.91 Å². The van der Waals surface area contributed by atoms with Crippen molar-refractivity contribution in [2.24, 2.45) is 0 Å². The van der Waals surface area contributed by atoms with Crippen molar-refractivity contribution in [2.75, 3.05) is 13.2 Å². The second-order valence-electron chi connectivity index (χ2n) is 7.67. The van der Waals surface area contributed by atoms with Gasteiger partial charge in [-0.1, -0.05) is 52.0 Å². The Morgan fingerprint density at radius 1 is 1.00 bits per heavy atom. The Kier molecular flexibility index (Phi) is 7.28. The molecule has 0 bridgehead atoms. The van der Waals surface area contributed by atoms with Crippen LogP contribution in [-0.2, 0) is 16.6 Å². The summed E-state index contributed by atoms with van der Waals surface area (Å²) in [6.45, 7) is 11.2. The normalized spacial score (nSPS) is 12.3. The molecule has 0 aliphatic heterocycles. The lowest BCUT2D eigenvalue weighted by Gasteiger charge is -2.20. The SMILES string of the molecule is CCc1ccc(OCCNC(=O)C(C)Oc2ccc(C(C)(C)C)cc2)cc1. The molecule has 0 fully saturated rings. The Hall–Kier alpha value is -2.49. The van der Waals surface area contributed by atoms with Gasteiger partial charge < -0.3 is 14.8 Å². The average Bonchev–Trinajstić information content (AvgIpc) is 2.65. The van der Waals surface area contributed by atoms with E-state index in [0.717, 1.165) is 12.2 Å². The van der Waals surface area contributed by atoms with E-state index in [0.29, 0.717) is 18.9 Å². The van der Waals surface area contributed by atoms with Gasteiger partial charge >= 0.3 is 0 Å². The zero-order valence-corrected chi connectivity index (χ0v) is 17.0. The van der Waals surface area contributed by atoms with Gasteiger partial charge in [0, 0.05) is 0 Å². The summed E-state index contributed by atoms with van der Waals surface area (Å²) in [7, 11) is 0. The number of carbonyl (C=O) groups is 1. The van der Waals surface area contributed by atoms with E-state index in [9.17, 15) is 4.79 Å². The van der Waals surface area contributed by atoms with Gasteiger partial charge in [0.15, 0.2) is 6.10 Å². The zero-order valence-electron chi connectivity index (χ0n) is 17.0. The van der Waals surface area contributed by atoms with Crippen molar-refractivity contribution in [3.63, 3.8) is 0 Å². The molecule has 4 heteroatoms. The molecule has 0 heterocycles. The smallest absolute Gasteiger partial charge is 0.260 e. The molecule has 0 spiro atoms. The van der Waals surface area contributed by atoms with Crippen LogP contribution < -0.4 is 14.8 Å². The van der Waals surface area contributed by atoms with Crippen molar-refractivity contribution < 1.29 is 14.3 Å². The van der Waals surface area contributed by atoms with Crippen molar-refractivity contribution in [1.82, 2.24) is 5.32 Å². The quantitative estimate of drug-likeness (QED) is 0.697. The molecule has 2 aromatic carbocycles. The van der Waals surface area contributed by atoms with Crippen LogP contribution >= 0.6 is 0 Å². The number of rotatable bonds is 8. The fourth-order valence-electron chi connectivity index (χ4n) is 2.60. The maximum absolute atomic E-state index is 12.2. The van der Waals surface area contributed by atoms with E-state index in [1.165, 1.54) is 11.1 Å². The predicted octanol–water partition coefficient (Wildman–Crippen LogP) is 4.51. The molecule has 1 atom stereocenters. The Morgan fingerprint density at radius 2 is 1.59 bits per heavy atom. The second-order valence-corrected chi connectivity index (χ2v) is 7.67. The van der Waals surface area contributed by atoms with Crippen LogP contribution in [0.25, 0.3) is 0 Å². The molecule has 2 aromatic rings. The molecule has 0 saturated heterocycles. The van der Waals surface area contributed by atoms with Gasteiger partial charge in [-0.2, -0.15) is 0 Å². The fourth-order valence-corrected chi connectivity index (χ4v) is 2.60. The third-order valence-electron chi connectivity index (χ3n) is 4.40. The van der Waals surface area contributed by atoms with Crippen LogP contribution in [0.2, 0.25) is 0 Å². The summed E-state index contributed by atoms with van der Waals surface area (Å²) in [4.78, 5) is 12.2. The highest BCUT2D eigenvalue weighted by molar-refractivity contribution is 5.80. The molecule has 1 unspecified atom stereocenters. The van der Waals surface area contributed by atoms with E-state index in [1.54, 1.807) is 6.92 Å². The van der Waals surface area contributed by atoms with Crippen molar-refractivity contribution in [2.45, 2.75) is 52.6 Å². The number of nitrogens with one attached hydrogen (secondary N) is 1. The number of benzene rings is 2. The molecule has 0 aliphatic rings. The Morgan fingerprint density at radius 3 is 2.15 bits per heavy atom. The van der Waals surface area contributed by atoms with E-state index in [4.69, 9.17) is 9.47 Å². The summed E-state index contributed by atoms with van der Waals surface area (Å²) in [6, 6.07) is 15.9. The van der Waals surface area contributed by atoms with Crippen LogP contribution in [-0.4, -0.2) is 25.2 Å². The van der Waals surface area contributed by atoms with Gasteiger partial charge in [0.05, 0.1) is 6.54 Å². The lowest BCUT2D eigenvalue weighted by atomic mass is 9.87. The minimum absolute atomic E-state index is 0.0956. The topological polar surface area (TPSA) is 47.6 Å². The molecular formula is C23H31NO3. The van der Waals surface area contributed by atoms with E-state index in [-0.39, 0.29) is 11.3 Å². The highest BCUT2D eigenvalue weighted by Gasteiger charge is 2.16. The molecule has 0 aliphatic carbocycles. The number of ether oxygens (including phenoxy) is 2. The molecule has 146 valence electrons. The molecule has 0 radical (unpaired) electrons. The van der Waals surface area contributed by atoms with E-state index in [1.807, 2.05) is 36.4 Å². The first-order chi connectivity index (χ1) is 12.8. The van der Waals surface area contributed by atoms with Crippen molar-refractivity contribution >= 4 is 5.91 Å². The molecule has 27 heavy (non-hydrogen) atoms. The molecule has 4 nitrogen and oxygen atoms in total. The zero-order chi connectivity index (χ0) is 19.9. The first-order valence-corrected chi connectivity index (χ1v) is 9.56. The lowest BCUT2D eigenvalue weighted by molar-refractivity contribution is -0.127. The summed E-state index contributed by atoms with van der Waals surface area (Å²) in [5, 5.41) is 2.84. The van der Waals surface area contributed by atoms with Crippen LogP contribution in [0.5, 0.6) is 11.5 Å². The summed E-state index contributed by atoms with van der Waals surface area (Å²) >= 11 is 0. The maximum Gasteiger partial charge on any atom is 0.260 e. The summed E-state index contributed by atoms with van der Waals surface area (Å²) < 4.78 is 11.4. The van der Waals surface area contributed by atoms with Gasteiger partial charge in [-0.05, 0) is 54.2 Å². The van der Waals surface area contributed by atoms with E-state index in [2.05, 4.69) is 45.1 Å². The van der Waals surface area contributed by atoms with Gasteiger partial charge in [-0.15, -0.1) is 0 Å². The van der Waals surface area contributed by atoms with Crippen LogP contribution in [0.15, 0.2) is 48.5 Å². The molecule has 1 amide bonds. The second kappa shape index (κ2) is 9.45. The van der Waals surface area contributed by atoms with Crippen LogP contribution in [0, 0.1) is 0 Å². The van der Waals surface area contributed by atoms with Crippen LogP contribution in [0.4, 0.5) is 0 Å². The van der Waals surface area contributed by atoms with E-state index < -0.39 is 6.10 Å². The standard InChI is InChI=1S/C23H31NO3/c1-6-18-7-11-20(12-8-18)26-16-15-24-22(25)17(2)27-21-13-9-19(10-14-21)23(3,4)5/h7-14,17H,6,15-16H2,1-5H3,(H,24,25). The number of amides is 1. The van der Waals surface area contributed by atoms with Gasteiger partial charge in [-0.25, -0.2) is 0 Å². The highest BCUT2D eigenvalue weighted by atomic mass is 16.5. The third-order valence-corrected chi connectivity index (χ3v) is 4.40. The Labute approximate surface area is 162 Å². The molecule has 0 aromatic heterocycles. The van der Waals surface area contributed by atoms with Crippen LogP contribution in [0.1, 0.15) is 45.7 Å².